The van der Waals surface area contributed by atoms with Crippen LogP contribution in [0, 0.1) is 12.8 Å². The first kappa shape index (κ1) is 23.4. The quantitative estimate of drug-likeness (QED) is 0.280. The van der Waals surface area contributed by atoms with Crippen LogP contribution in [0.5, 0.6) is 0 Å². The van der Waals surface area contributed by atoms with E-state index in [0.717, 1.165) is 38.1 Å². The van der Waals surface area contributed by atoms with Crippen LogP contribution in [0.3, 0.4) is 0 Å². The summed E-state index contributed by atoms with van der Waals surface area (Å²) >= 11 is 0. The summed E-state index contributed by atoms with van der Waals surface area (Å²) in [5.74, 6) is 1.62. The van der Waals surface area contributed by atoms with E-state index < -0.39 is 5.91 Å². The number of piperidine rings is 1. The van der Waals surface area contributed by atoms with E-state index in [0.29, 0.717) is 23.9 Å². The summed E-state index contributed by atoms with van der Waals surface area (Å²) in [6, 6.07) is 14.1. The number of aromatic nitrogens is 5. The number of benzene rings is 1. The van der Waals surface area contributed by atoms with Crippen LogP contribution >= 0.6 is 0 Å². The minimum Gasteiger partial charge on any atom is -0.460 e. The number of hydrazone groups is 1. The molecule has 1 fully saturated rings. The van der Waals surface area contributed by atoms with Crippen molar-refractivity contribution in [2.75, 3.05) is 18.8 Å². The first-order valence-corrected chi connectivity index (χ1v) is 11.8. The minimum absolute atomic E-state index is 0.0564. The van der Waals surface area contributed by atoms with E-state index >= 15 is 0 Å². The van der Waals surface area contributed by atoms with Crippen LogP contribution < -0.4 is 11.2 Å². The summed E-state index contributed by atoms with van der Waals surface area (Å²) in [5.41, 5.74) is 10.4. The zero-order valence-electron chi connectivity index (χ0n) is 19.9. The van der Waals surface area contributed by atoms with Gasteiger partial charge in [0.1, 0.15) is 11.5 Å². The number of anilines is 1. The zero-order valence-corrected chi connectivity index (χ0v) is 19.9. The number of carbonyl (C=O) groups is 1. The number of nitrogens with one attached hydrogen (secondary N) is 1. The number of aryl methyl sites for hydroxylation is 1. The first-order chi connectivity index (χ1) is 17.6. The molecule has 0 aliphatic carbocycles. The van der Waals surface area contributed by atoms with Gasteiger partial charge in [-0.3, -0.25) is 9.69 Å². The Morgan fingerprint density at radius 2 is 2.00 bits per heavy atom. The standard InChI is InChI=1S/C24H27N9O3/c1-16-7-8-19(35-16)14-26-28-24(34)21-20(33(31-27-21)23-22(25)29-36-30-23)15-32-11-9-18(10-12-32)13-17-5-3-2-4-6-17/h2-8,14,18H,9-13,15H2,1H3,(H2,25,29)(H,28,34)/b26-14-. The third-order valence-electron chi connectivity index (χ3n) is 6.24. The Balaban J connectivity index is 1.29. The molecule has 0 atom stereocenters. The number of nitrogens with zero attached hydrogens (tertiary/aromatic N) is 7. The molecule has 1 aliphatic heterocycles. The number of nitrogen functional groups attached to an aromatic ring is 1. The third-order valence-corrected chi connectivity index (χ3v) is 6.24. The molecule has 1 aliphatic rings. The van der Waals surface area contributed by atoms with E-state index in [1.54, 1.807) is 6.07 Å². The molecule has 0 bridgehead atoms. The molecule has 0 unspecified atom stereocenters. The van der Waals surface area contributed by atoms with Gasteiger partial charge in [-0.1, -0.05) is 35.5 Å². The van der Waals surface area contributed by atoms with E-state index in [4.69, 9.17) is 14.8 Å². The lowest BCUT2D eigenvalue weighted by Crippen LogP contribution is -2.35. The maximum absolute atomic E-state index is 12.9. The maximum Gasteiger partial charge on any atom is 0.293 e. The molecule has 3 N–H and O–H groups in total. The third kappa shape index (κ3) is 5.33. The molecule has 0 saturated carbocycles. The van der Waals surface area contributed by atoms with Crippen molar-refractivity contribution in [2.24, 2.45) is 11.0 Å². The van der Waals surface area contributed by atoms with Gasteiger partial charge in [-0.25, -0.2) is 10.1 Å². The highest BCUT2D eigenvalue weighted by molar-refractivity contribution is 5.94. The van der Waals surface area contributed by atoms with Crippen LogP contribution in [0.1, 0.15) is 46.1 Å². The fourth-order valence-electron chi connectivity index (χ4n) is 4.37. The Morgan fingerprint density at radius 1 is 1.19 bits per heavy atom. The second kappa shape index (κ2) is 10.5. The van der Waals surface area contributed by atoms with Crippen molar-refractivity contribution in [3.05, 3.63) is 70.9 Å². The number of hydrogen-bond donors (Lipinski definition) is 2. The number of likely N-dealkylation sites (tertiary alicyclic amines) is 1. The van der Waals surface area contributed by atoms with Gasteiger partial charge in [-0.05, 0) is 73.2 Å². The molecule has 4 aromatic rings. The number of carbonyl (C=O) groups excluding carboxylic acids is 1. The van der Waals surface area contributed by atoms with Crippen molar-refractivity contribution in [2.45, 2.75) is 32.7 Å². The van der Waals surface area contributed by atoms with Gasteiger partial charge in [-0.2, -0.15) is 9.78 Å². The predicted octanol–water partition coefficient (Wildman–Crippen LogP) is 2.35. The van der Waals surface area contributed by atoms with E-state index in [9.17, 15) is 4.79 Å². The van der Waals surface area contributed by atoms with Crippen molar-refractivity contribution in [1.29, 1.82) is 0 Å². The number of nitrogens with two attached hydrogens (primary N) is 1. The maximum atomic E-state index is 12.9. The van der Waals surface area contributed by atoms with Gasteiger partial charge in [0.05, 0.1) is 11.9 Å². The van der Waals surface area contributed by atoms with Gasteiger partial charge >= 0.3 is 0 Å². The molecule has 12 heteroatoms. The van der Waals surface area contributed by atoms with Crippen molar-refractivity contribution in [1.82, 2.24) is 35.6 Å². The fraction of sp³-hybridized carbons (Fsp3) is 0.333. The lowest BCUT2D eigenvalue weighted by molar-refractivity contribution is 0.0946. The highest BCUT2D eigenvalue weighted by Gasteiger charge is 2.27. The molecule has 5 rings (SSSR count). The number of rotatable bonds is 8. The number of hydrogen-bond acceptors (Lipinski definition) is 10. The molecule has 36 heavy (non-hydrogen) atoms. The average molecular weight is 490 g/mol. The summed E-state index contributed by atoms with van der Waals surface area (Å²) < 4.78 is 11.6. The van der Waals surface area contributed by atoms with Gasteiger partial charge in [0.25, 0.3) is 5.91 Å². The molecular weight excluding hydrogens is 462 g/mol. The topological polar surface area (TPSA) is 153 Å². The second-order valence-electron chi connectivity index (χ2n) is 8.83. The highest BCUT2D eigenvalue weighted by Crippen LogP contribution is 2.24. The molecule has 12 nitrogen and oxygen atoms in total. The molecule has 1 saturated heterocycles. The Kier molecular flexibility index (Phi) is 6.85. The summed E-state index contributed by atoms with van der Waals surface area (Å²) in [5, 5.41) is 19.6. The van der Waals surface area contributed by atoms with E-state index in [-0.39, 0.29) is 17.3 Å². The number of furan rings is 1. The summed E-state index contributed by atoms with van der Waals surface area (Å²) in [6.45, 7) is 4.02. The van der Waals surface area contributed by atoms with Crippen LogP contribution in [-0.4, -0.2) is 55.4 Å². The summed E-state index contributed by atoms with van der Waals surface area (Å²) in [4.78, 5) is 15.2. The van der Waals surface area contributed by atoms with E-state index in [1.165, 1.54) is 16.5 Å². The van der Waals surface area contributed by atoms with E-state index in [2.05, 4.69) is 60.3 Å². The first-order valence-electron chi connectivity index (χ1n) is 11.8. The van der Waals surface area contributed by atoms with Crippen molar-refractivity contribution < 1.29 is 13.8 Å². The minimum atomic E-state index is -0.509. The van der Waals surface area contributed by atoms with E-state index in [1.807, 2.05) is 19.1 Å². The average Bonchev–Trinajstić information content (AvgIpc) is 3.61. The van der Waals surface area contributed by atoms with Crippen LogP contribution in [0.2, 0.25) is 0 Å². The highest BCUT2D eigenvalue weighted by atomic mass is 16.6. The lowest BCUT2D eigenvalue weighted by atomic mass is 9.90. The Hall–Kier alpha value is -4.32. The summed E-state index contributed by atoms with van der Waals surface area (Å²) in [6.07, 6.45) is 4.60. The molecule has 0 radical (unpaired) electrons. The molecule has 186 valence electrons. The van der Waals surface area contributed by atoms with Crippen molar-refractivity contribution >= 4 is 17.9 Å². The second-order valence-corrected chi connectivity index (χ2v) is 8.83. The SMILES string of the molecule is Cc1ccc(/C=N\NC(=O)c2nnn(-c3nonc3N)c2CN2CCC(Cc3ccccc3)CC2)o1. The zero-order chi connectivity index (χ0) is 24.9. The van der Waals surface area contributed by atoms with Crippen molar-refractivity contribution in [3.8, 4) is 5.82 Å². The van der Waals surface area contributed by atoms with Crippen LogP contribution in [0.4, 0.5) is 5.82 Å². The normalized spacial score (nSPS) is 15.0. The van der Waals surface area contributed by atoms with Gasteiger partial charge in [0, 0.05) is 6.54 Å². The molecule has 3 aromatic heterocycles. The largest absolute Gasteiger partial charge is 0.460 e. The molecule has 1 aromatic carbocycles. The van der Waals surface area contributed by atoms with Gasteiger partial charge < -0.3 is 10.2 Å². The summed E-state index contributed by atoms with van der Waals surface area (Å²) in [7, 11) is 0. The van der Waals surface area contributed by atoms with Crippen LogP contribution in [0.25, 0.3) is 5.82 Å². The molecule has 4 heterocycles. The Morgan fingerprint density at radius 3 is 2.69 bits per heavy atom. The molecule has 1 amide bonds. The van der Waals surface area contributed by atoms with Gasteiger partial charge in [0.2, 0.25) is 11.6 Å². The lowest BCUT2D eigenvalue weighted by Gasteiger charge is -2.32. The fourth-order valence-corrected chi connectivity index (χ4v) is 4.37. The molecular formula is C24H27N9O3. The van der Waals surface area contributed by atoms with Crippen LogP contribution in [-0.2, 0) is 13.0 Å². The predicted molar refractivity (Wildman–Crippen MR) is 130 cm³/mol. The number of amides is 1. The smallest absolute Gasteiger partial charge is 0.293 e. The monoisotopic (exact) mass is 489 g/mol. The Labute approximate surface area is 207 Å². The van der Waals surface area contributed by atoms with Crippen molar-refractivity contribution in [3.63, 3.8) is 0 Å². The van der Waals surface area contributed by atoms with Gasteiger partial charge in [0.15, 0.2) is 5.69 Å². The van der Waals surface area contributed by atoms with Gasteiger partial charge in [-0.15, -0.1) is 5.10 Å². The Bertz CT molecular complexity index is 1330. The van der Waals surface area contributed by atoms with Crippen LogP contribution in [0.15, 0.2) is 56.6 Å². The molecule has 0 spiro atoms.